The molecule has 0 bridgehead atoms. The topological polar surface area (TPSA) is 17.1 Å². The van der Waals surface area contributed by atoms with Gasteiger partial charge in [-0.05, 0) is 50.7 Å². The molecule has 1 saturated carbocycles. The van der Waals surface area contributed by atoms with Gasteiger partial charge in [-0.25, -0.2) is 0 Å². The second-order valence-corrected chi connectivity index (χ2v) is 6.20. The van der Waals surface area contributed by atoms with Gasteiger partial charge in [-0.2, -0.15) is 0 Å². The summed E-state index contributed by atoms with van der Waals surface area (Å²) in [6, 6.07) is 4.29. The Morgan fingerprint density at radius 3 is 2.26 bits per heavy atom. The Hall–Kier alpha value is -1.11. The van der Waals surface area contributed by atoms with Crippen LogP contribution in [0.5, 0.6) is 0 Å². The van der Waals surface area contributed by atoms with E-state index in [4.69, 9.17) is 0 Å². The third-order valence-electron chi connectivity index (χ3n) is 4.69. The first-order valence-corrected chi connectivity index (χ1v) is 7.66. The quantitative estimate of drug-likeness (QED) is 0.696. The lowest BCUT2D eigenvalue weighted by molar-refractivity contribution is 0.0819. The lowest BCUT2D eigenvalue weighted by Gasteiger charge is -2.30. The van der Waals surface area contributed by atoms with Gasteiger partial charge in [-0.3, -0.25) is 4.79 Å². The molecule has 2 rings (SSSR count). The first kappa shape index (κ1) is 14.3. The standard InChI is InChI=1S/C18H26O/c1-5-15-8-6-7-9-16(15)18(19)17-13(3)10-12(2)11-14(17)4/h10-11,15-16H,5-9H2,1-4H3. The predicted molar refractivity (Wildman–Crippen MR) is 80.7 cm³/mol. The Kier molecular flexibility index (Phi) is 4.44. The summed E-state index contributed by atoms with van der Waals surface area (Å²) in [6.45, 7) is 8.49. The van der Waals surface area contributed by atoms with Crippen LogP contribution in [-0.4, -0.2) is 5.78 Å². The highest BCUT2D eigenvalue weighted by Gasteiger charge is 2.31. The molecule has 2 unspecified atom stereocenters. The second-order valence-electron chi connectivity index (χ2n) is 6.20. The van der Waals surface area contributed by atoms with Crippen molar-refractivity contribution in [1.29, 1.82) is 0 Å². The number of carbonyl (C=O) groups is 1. The highest BCUT2D eigenvalue weighted by molar-refractivity contribution is 6.00. The van der Waals surface area contributed by atoms with Gasteiger partial charge in [0.15, 0.2) is 5.78 Å². The molecule has 1 aromatic rings. The van der Waals surface area contributed by atoms with Crippen LogP contribution in [0.1, 0.15) is 66.1 Å². The fraction of sp³-hybridized carbons (Fsp3) is 0.611. The van der Waals surface area contributed by atoms with Crippen molar-refractivity contribution in [1.82, 2.24) is 0 Å². The highest BCUT2D eigenvalue weighted by atomic mass is 16.1. The zero-order valence-corrected chi connectivity index (χ0v) is 12.8. The van der Waals surface area contributed by atoms with Crippen LogP contribution in [0.2, 0.25) is 0 Å². The van der Waals surface area contributed by atoms with Crippen LogP contribution in [-0.2, 0) is 0 Å². The van der Waals surface area contributed by atoms with Crippen LogP contribution >= 0.6 is 0 Å². The average Bonchev–Trinajstić information content (AvgIpc) is 2.37. The summed E-state index contributed by atoms with van der Waals surface area (Å²) >= 11 is 0. The summed E-state index contributed by atoms with van der Waals surface area (Å²) in [5.41, 5.74) is 4.56. The molecule has 0 aromatic heterocycles. The van der Waals surface area contributed by atoms with Gasteiger partial charge < -0.3 is 0 Å². The number of benzene rings is 1. The van der Waals surface area contributed by atoms with Gasteiger partial charge in [0, 0.05) is 11.5 Å². The zero-order valence-electron chi connectivity index (χ0n) is 12.8. The minimum absolute atomic E-state index is 0.263. The van der Waals surface area contributed by atoms with Gasteiger partial charge >= 0.3 is 0 Å². The van der Waals surface area contributed by atoms with Gasteiger partial charge in [0.1, 0.15) is 0 Å². The first-order chi connectivity index (χ1) is 9.04. The summed E-state index contributed by atoms with van der Waals surface area (Å²) < 4.78 is 0. The molecule has 0 N–H and O–H groups in total. The van der Waals surface area contributed by atoms with Crippen LogP contribution < -0.4 is 0 Å². The Morgan fingerprint density at radius 2 is 1.68 bits per heavy atom. The Balaban J connectivity index is 2.33. The largest absolute Gasteiger partial charge is 0.294 e. The van der Waals surface area contributed by atoms with Gasteiger partial charge in [0.25, 0.3) is 0 Å². The van der Waals surface area contributed by atoms with E-state index in [1.54, 1.807) is 0 Å². The van der Waals surface area contributed by atoms with E-state index in [0.717, 1.165) is 29.5 Å². The number of hydrogen-bond donors (Lipinski definition) is 0. The second kappa shape index (κ2) is 5.90. The maximum absolute atomic E-state index is 12.9. The Bertz CT molecular complexity index is 450. The summed E-state index contributed by atoms with van der Waals surface area (Å²) in [5, 5.41) is 0. The number of ketones is 1. The lowest BCUT2D eigenvalue weighted by Crippen LogP contribution is -2.28. The van der Waals surface area contributed by atoms with E-state index in [0.29, 0.717) is 11.7 Å². The van der Waals surface area contributed by atoms with Crippen LogP contribution in [0.15, 0.2) is 12.1 Å². The normalized spacial score (nSPS) is 23.4. The van der Waals surface area contributed by atoms with Crippen molar-refractivity contribution >= 4 is 5.78 Å². The molecule has 19 heavy (non-hydrogen) atoms. The van der Waals surface area contributed by atoms with Crippen molar-refractivity contribution < 1.29 is 4.79 Å². The maximum Gasteiger partial charge on any atom is 0.166 e. The van der Waals surface area contributed by atoms with Crippen LogP contribution in [0.4, 0.5) is 0 Å². The molecule has 2 atom stereocenters. The first-order valence-electron chi connectivity index (χ1n) is 7.66. The molecule has 0 saturated heterocycles. The van der Waals surface area contributed by atoms with Gasteiger partial charge in [0.05, 0.1) is 0 Å². The van der Waals surface area contributed by atoms with Crippen LogP contribution in [0.25, 0.3) is 0 Å². The monoisotopic (exact) mass is 258 g/mol. The van der Waals surface area contributed by atoms with E-state index in [9.17, 15) is 4.79 Å². The zero-order chi connectivity index (χ0) is 14.0. The molecular formula is C18H26O. The van der Waals surface area contributed by atoms with Crippen LogP contribution in [0, 0.1) is 32.6 Å². The molecule has 1 aliphatic carbocycles. The number of hydrogen-bond acceptors (Lipinski definition) is 1. The number of carbonyl (C=O) groups excluding carboxylic acids is 1. The summed E-state index contributed by atoms with van der Waals surface area (Å²) in [6.07, 6.45) is 5.98. The smallest absolute Gasteiger partial charge is 0.166 e. The highest BCUT2D eigenvalue weighted by Crippen LogP contribution is 2.35. The molecule has 1 heteroatoms. The van der Waals surface area contributed by atoms with E-state index >= 15 is 0 Å². The van der Waals surface area contributed by atoms with Gasteiger partial charge in [-0.15, -0.1) is 0 Å². The minimum Gasteiger partial charge on any atom is -0.294 e. The number of Topliss-reactive ketones (excluding diaryl/α,β-unsaturated/α-hetero) is 1. The third-order valence-corrected chi connectivity index (χ3v) is 4.69. The van der Waals surface area contributed by atoms with Gasteiger partial charge in [-0.1, -0.05) is 43.9 Å². The minimum atomic E-state index is 0.263. The predicted octanol–water partition coefficient (Wildman–Crippen LogP) is 5.01. The molecular weight excluding hydrogens is 232 g/mol. The summed E-state index contributed by atoms with van der Waals surface area (Å²) in [4.78, 5) is 12.9. The molecule has 0 radical (unpaired) electrons. The van der Waals surface area contributed by atoms with Crippen molar-refractivity contribution in [3.05, 3.63) is 34.4 Å². The van der Waals surface area contributed by atoms with E-state index in [1.165, 1.54) is 24.8 Å². The maximum atomic E-state index is 12.9. The van der Waals surface area contributed by atoms with E-state index in [-0.39, 0.29) is 5.92 Å². The molecule has 1 nitrogen and oxygen atoms in total. The molecule has 0 amide bonds. The summed E-state index contributed by atoms with van der Waals surface area (Å²) in [7, 11) is 0. The number of rotatable bonds is 3. The average molecular weight is 258 g/mol. The molecule has 0 spiro atoms. The fourth-order valence-electron chi connectivity index (χ4n) is 3.80. The molecule has 1 fully saturated rings. The van der Waals surface area contributed by atoms with Crippen molar-refractivity contribution in [2.24, 2.45) is 11.8 Å². The van der Waals surface area contributed by atoms with Gasteiger partial charge in [0.2, 0.25) is 0 Å². The van der Waals surface area contributed by atoms with Crippen molar-refractivity contribution in [3.8, 4) is 0 Å². The third kappa shape index (κ3) is 2.91. The fourth-order valence-corrected chi connectivity index (χ4v) is 3.80. The summed E-state index contributed by atoms with van der Waals surface area (Å²) in [5.74, 6) is 1.27. The van der Waals surface area contributed by atoms with E-state index < -0.39 is 0 Å². The molecule has 0 heterocycles. The molecule has 0 aliphatic heterocycles. The van der Waals surface area contributed by atoms with Crippen LogP contribution in [0.3, 0.4) is 0 Å². The van der Waals surface area contributed by atoms with E-state index in [1.807, 2.05) is 0 Å². The van der Waals surface area contributed by atoms with Crippen molar-refractivity contribution in [3.63, 3.8) is 0 Å². The lowest BCUT2D eigenvalue weighted by atomic mass is 9.73. The van der Waals surface area contributed by atoms with Crippen molar-refractivity contribution in [2.45, 2.75) is 59.8 Å². The van der Waals surface area contributed by atoms with E-state index in [2.05, 4.69) is 39.8 Å². The SMILES string of the molecule is CCC1CCCCC1C(=O)c1c(C)cc(C)cc1C. The Morgan fingerprint density at radius 1 is 1.11 bits per heavy atom. The Labute approximate surface area is 117 Å². The molecule has 104 valence electrons. The molecule has 1 aliphatic rings. The van der Waals surface area contributed by atoms with Crippen molar-refractivity contribution in [2.75, 3.05) is 0 Å². The molecule has 1 aromatic carbocycles. The number of aryl methyl sites for hydroxylation is 3.